The van der Waals surface area contributed by atoms with Crippen LogP contribution in [0, 0.1) is 32.4 Å². The number of furan rings is 1. The molecule has 6 heteroatoms. The maximum Gasteiger partial charge on any atom is 0.255 e. The molecule has 1 unspecified atom stereocenters. The Bertz CT molecular complexity index is 751. The van der Waals surface area contributed by atoms with E-state index >= 15 is 0 Å². The summed E-state index contributed by atoms with van der Waals surface area (Å²) in [5.74, 6) is -0.893. The van der Waals surface area contributed by atoms with Crippen LogP contribution >= 0.6 is 0 Å². The van der Waals surface area contributed by atoms with E-state index in [0.717, 1.165) is 12.1 Å². The van der Waals surface area contributed by atoms with Gasteiger partial charge in [0.25, 0.3) is 5.91 Å². The third-order valence-electron chi connectivity index (χ3n) is 3.89. The topological polar surface area (TPSA) is 62.5 Å². The second-order valence-corrected chi connectivity index (χ2v) is 5.80. The first-order chi connectivity index (χ1) is 10.6. The average molecular weight is 323 g/mol. The Morgan fingerprint density at radius 2 is 1.91 bits per heavy atom. The summed E-state index contributed by atoms with van der Waals surface area (Å²) >= 11 is 0. The fourth-order valence-corrected chi connectivity index (χ4v) is 2.49. The summed E-state index contributed by atoms with van der Waals surface area (Å²) in [7, 11) is 0. The zero-order valence-corrected chi connectivity index (χ0v) is 13.5. The number of halogens is 2. The van der Waals surface area contributed by atoms with Gasteiger partial charge in [0.15, 0.2) is 0 Å². The number of hydrogen-bond donors (Lipinski definition) is 2. The number of carbonyl (C=O) groups excluding carboxylic acids is 1. The molecule has 0 saturated heterocycles. The SMILES string of the molecule is Cc1oc(C)c(C(=O)NCC(C)(O)c2ccc(F)cc2F)c1C. The second-order valence-electron chi connectivity index (χ2n) is 5.80. The first-order valence-electron chi connectivity index (χ1n) is 7.16. The molecule has 1 aromatic carbocycles. The van der Waals surface area contributed by atoms with Crippen LogP contribution in [0.4, 0.5) is 8.78 Å². The average Bonchev–Trinajstić information content (AvgIpc) is 2.69. The molecule has 1 amide bonds. The Kier molecular flexibility index (Phi) is 4.56. The van der Waals surface area contributed by atoms with E-state index in [2.05, 4.69) is 5.32 Å². The second kappa shape index (κ2) is 6.12. The molecule has 0 aliphatic carbocycles. The molecular weight excluding hydrogens is 304 g/mol. The summed E-state index contributed by atoms with van der Waals surface area (Å²) in [5, 5.41) is 13.0. The van der Waals surface area contributed by atoms with Gasteiger partial charge < -0.3 is 14.8 Å². The van der Waals surface area contributed by atoms with Gasteiger partial charge in [0, 0.05) is 17.2 Å². The van der Waals surface area contributed by atoms with Crippen LogP contribution in [-0.2, 0) is 5.60 Å². The van der Waals surface area contributed by atoms with Gasteiger partial charge in [0.2, 0.25) is 0 Å². The Morgan fingerprint density at radius 1 is 1.26 bits per heavy atom. The van der Waals surface area contributed by atoms with Gasteiger partial charge in [-0.2, -0.15) is 0 Å². The summed E-state index contributed by atoms with van der Waals surface area (Å²) in [4.78, 5) is 12.3. The van der Waals surface area contributed by atoms with E-state index in [9.17, 15) is 18.7 Å². The molecule has 0 bridgehead atoms. The number of rotatable bonds is 4. The van der Waals surface area contributed by atoms with E-state index in [4.69, 9.17) is 4.42 Å². The van der Waals surface area contributed by atoms with Crippen LogP contribution in [0.1, 0.15) is 39.9 Å². The lowest BCUT2D eigenvalue weighted by Gasteiger charge is -2.24. The van der Waals surface area contributed by atoms with Crippen molar-refractivity contribution in [3.05, 3.63) is 58.0 Å². The quantitative estimate of drug-likeness (QED) is 0.909. The minimum Gasteiger partial charge on any atom is -0.466 e. The molecule has 0 saturated carbocycles. The van der Waals surface area contributed by atoms with Gasteiger partial charge in [-0.05, 0) is 33.8 Å². The predicted octanol–water partition coefficient (Wildman–Crippen LogP) is 3.12. The molecular formula is C17H19F2NO3. The standard InChI is InChI=1S/C17H19F2NO3/c1-9-10(2)23-11(3)15(9)16(21)20-8-17(4,22)13-6-5-12(18)7-14(13)19/h5-7,22H,8H2,1-4H3,(H,20,21). The summed E-state index contributed by atoms with van der Waals surface area (Å²) in [6.07, 6.45) is 0. The number of amides is 1. The summed E-state index contributed by atoms with van der Waals surface area (Å²) in [5.41, 5.74) is -0.643. The highest BCUT2D eigenvalue weighted by atomic mass is 19.1. The van der Waals surface area contributed by atoms with Crippen LogP contribution < -0.4 is 5.32 Å². The highest BCUT2D eigenvalue weighted by Crippen LogP contribution is 2.24. The predicted molar refractivity (Wildman–Crippen MR) is 81.2 cm³/mol. The first-order valence-corrected chi connectivity index (χ1v) is 7.16. The van der Waals surface area contributed by atoms with Crippen LogP contribution in [0.2, 0.25) is 0 Å². The maximum atomic E-state index is 13.8. The van der Waals surface area contributed by atoms with E-state index in [1.165, 1.54) is 6.92 Å². The zero-order valence-electron chi connectivity index (χ0n) is 13.5. The van der Waals surface area contributed by atoms with Crippen LogP contribution in [0.5, 0.6) is 0 Å². The van der Waals surface area contributed by atoms with E-state index < -0.39 is 23.1 Å². The van der Waals surface area contributed by atoms with Gasteiger partial charge >= 0.3 is 0 Å². The van der Waals surface area contributed by atoms with E-state index in [-0.39, 0.29) is 12.1 Å². The van der Waals surface area contributed by atoms with Gasteiger partial charge in [0.05, 0.1) is 12.1 Å². The largest absolute Gasteiger partial charge is 0.466 e. The van der Waals surface area contributed by atoms with Crippen molar-refractivity contribution < 1.29 is 23.1 Å². The number of benzene rings is 1. The number of nitrogens with one attached hydrogen (secondary N) is 1. The smallest absolute Gasteiger partial charge is 0.255 e. The van der Waals surface area contributed by atoms with Crippen molar-refractivity contribution in [2.24, 2.45) is 0 Å². The Morgan fingerprint density at radius 3 is 2.43 bits per heavy atom. The minimum absolute atomic E-state index is 0.0870. The molecule has 2 rings (SSSR count). The van der Waals surface area contributed by atoms with Crippen molar-refractivity contribution in [3.8, 4) is 0 Å². The van der Waals surface area contributed by atoms with Crippen molar-refractivity contribution in [3.63, 3.8) is 0 Å². The number of carbonyl (C=O) groups is 1. The molecule has 0 aliphatic rings. The normalized spacial score (nSPS) is 13.7. The summed E-state index contributed by atoms with van der Waals surface area (Å²) in [6, 6.07) is 2.91. The molecule has 124 valence electrons. The van der Waals surface area contributed by atoms with Crippen LogP contribution in [0.3, 0.4) is 0 Å². The molecule has 1 atom stereocenters. The lowest BCUT2D eigenvalue weighted by Crippen LogP contribution is -2.39. The van der Waals surface area contributed by atoms with Crippen LogP contribution in [0.15, 0.2) is 22.6 Å². The van der Waals surface area contributed by atoms with E-state index in [1.807, 2.05) is 0 Å². The third kappa shape index (κ3) is 3.42. The fraction of sp³-hybridized carbons (Fsp3) is 0.353. The van der Waals surface area contributed by atoms with Gasteiger partial charge in [-0.25, -0.2) is 8.78 Å². The van der Waals surface area contributed by atoms with Crippen molar-refractivity contribution in [1.82, 2.24) is 5.32 Å². The molecule has 1 aromatic heterocycles. The lowest BCUT2D eigenvalue weighted by atomic mass is 9.95. The number of aryl methyl sites for hydroxylation is 2. The number of aliphatic hydroxyl groups is 1. The summed E-state index contributed by atoms with van der Waals surface area (Å²) in [6.45, 7) is 6.32. The van der Waals surface area contributed by atoms with Gasteiger partial charge in [0.1, 0.15) is 28.8 Å². The minimum atomic E-state index is -1.67. The number of hydrogen-bond acceptors (Lipinski definition) is 3. The molecule has 2 aromatic rings. The zero-order chi connectivity index (χ0) is 17.4. The Labute approximate surface area is 133 Å². The first kappa shape index (κ1) is 17.1. The third-order valence-corrected chi connectivity index (χ3v) is 3.89. The summed E-state index contributed by atoms with van der Waals surface area (Å²) < 4.78 is 32.1. The highest BCUT2D eigenvalue weighted by Gasteiger charge is 2.28. The van der Waals surface area contributed by atoms with Gasteiger partial charge in [-0.15, -0.1) is 0 Å². The molecule has 2 N–H and O–H groups in total. The molecule has 1 heterocycles. The monoisotopic (exact) mass is 323 g/mol. The highest BCUT2D eigenvalue weighted by molar-refractivity contribution is 5.96. The molecule has 0 fully saturated rings. The Balaban J connectivity index is 2.17. The molecule has 0 spiro atoms. The van der Waals surface area contributed by atoms with Crippen molar-refractivity contribution in [2.45, 2.75) is 33.3 Å². The van der Waals surface area contributed by atoms with Gasteiger partial charge in [-0.3, -0.25) is 4.79 Å². The van der Waals surface area contributed by atoms with E-state index in [1.54, 1.807) is 20.8 Å². The fourth-order valence-electron chi connectivity index (χ4n) is 2.49. The molecule has 0 aliphatic heterocycles. The van der Waals surface area contributed by atoms with E-state index in [0.29, 0.717) is 28.7 Å². The van der Waals surface area contributed by atoms with Crippen LogP contribution in [0.25, 0.3) is 0 Å². The van der Waals surface area contributed by atoms with Crippen molar-refractivity contribution in [2.75, 3.05) is 6.54 Å². The van der Waals surface area contributed by atoms with Crippen molar-refractivity contribution >= 4 is 5.91 Å². The Hall–Kier alpha value is -2.21. The molecule has 4 nitrogen and oxygen atoms in total. The van der Waals surface area contributed by atoms with Gasteiger partial charge in [-0.1, -0.05) is 6.07 Å². The molecule has 0 radical (unpaired) electrons. The maximum absolute atomic E-state index is 13.8. The lowest BCUT2D eigenvalue weighted by molar-refractivity contribution is 0.0494. The van der Waals surface area contributed by atoms with Crippen molar-refractivity contribution in [1.29, 1.82) is 0 Å². The van der Waals surface area contributed by atoms with Crippen LogP contribution in [-0.4, -0.2) is 17.6 Å². The molecule has 23 heavy (non-hydrogen) atoms.